The van der Waals surface area contributed by atoms with E-state index in [9.17, 15) is 0 Å². The molecule has 8 nitrogen and oxygen atoms in total. The summed E-state index contributed by atoms with van der Waals surface area (Å²) < 4.78 is 13.1. The van der Waals surface area contributed by atoms with Gasteiger partial charge in [-0.3, -0.25) is 9.67 Å². The molecule has 0 aliphatic carbocycles. The maximum absolute atomic E-state index is 5.83. The summed E-state index contributed by atoms with van der Waals surface area (Å²) in [7, 11) is 6.09. The average molecular weight is 395 g/mol. The maximum Gasteiger partial charge on any atom is 0.191 e. The van der Waals surface area contributed by atoms with Gasteiger partial charge in [-0.1, -0.05) is 0 Å². The third-order valence-corrected chi connectivity index (χ3v) is 4.95. The van der Waals surface area contributed by atoms with Crippen molar-refractivity contribution < 1.29 is 9.47 Å². The summed E-state index contributed by atoms with van der Waals surface area (Å²) in [6, 6.07) is 0.201. The summed E-state index contributed by atoms with van der Waals surface area (Å²) >= 11 is 0. The summed E-state index contributed by atoms with van der Waals surface area (Å²) in [5, 5.41) is 11.0. The van der Waals surface area contributed by atoms with Crippen molar-refractivity contribution in [2.45, 2.75) is 32.2 Å². The Balaban J connectivity index is 1.71. The topological polar surface area (TPSA) is 75.9 Å². The molecule has 0 spiro atoms. The lowest BCUT2D eigenvalue weighted by Crippen LogP contribution is -2.38. The fraction of sp³-hybridized carbons (Fsp3) is 0.800. The molecule has 1 aliphatic rings. The number of likely N-dealkylation sites (N-methyl/N-ethyl adjacent to an activating group) is 1. The Morgan fingerprint density at radius 2 is 2.18 bits per heavy atom. The van der Waals surface area contributed by atoms with Crippen molar-refractivity contribution in [1.82, 2.24) is 25.3 Å². The van der Waals surface area contributed by atoms with Gasteiger partial charge in [0.05, 0.1) is 18.8 Å². The van der Waals surface area contributed by atoms with Crippen molar-refractivity contribution >= 4 is 5.96 Å². The lowest BCUT2D eigenvalue weighted by atomic mass is 10.0. The Morgan fingerprint density at radius 1 is 1.39 bits per heavy atom. The molecule has 1 unspecified atom stereocenters. The third kappa shape index (κ3) is 8.16. The molecular formula is C20H38N6O2. The van der Waals surface area contributed by atoms with Crippen molar-refractivity contribution in [3.8, 4) is 0 Å². The zero-order valence-electron chi connectivity index (χ0n) is 18.0. The molecule has 1 fully saturated rings. The Bertz CT molecular complexity index is 569. The number of hydrogen-bond donors (Lipinski definition) is 2. The molecule has 2 N–H and O–H groups in total. The van der Waals surface area contributed by atoms with E-state index in [4.69, 9.17) is 14.5 Å². The quantitative estimate of drug-likeness (QED) is 0.336. The van der Waals surface area contributed by atoms with Crippen LogP contribution >= 0.6 is 0 Å². The van der Waals surface area contributed by atoms with E-state index in [2.05, 4.69) is 47.8 Å². The molecule has 0 bridgehead atoms. The SMILES string of the molecule is CCNC(=NCC(c1cnn(C)c1)N(C)C)NCCCOCC1CCOCC1. The van der Waals surface area contributed by atoms with E-state index in [0.29, 0.717) is 12.5 Å². The molecule has 160 valence electrons. The van der Waals surface area contributed by atoms with Crippen LogP contribution in [0.15, 0.2) is 17.4 Å². The second-order valence-electron chi connectivity index (χ2n) is 7.56. The highest BCUT2D eigenvalue weighted by atomic mass is 16.5. The molecule has 1 aliphatic heterocycles. The van der Waals surface area contributed by atoms with Gasteiger partial charge >= 0.3 is 0 Å². The minimum Gasteiger partial charge on any atom is -0.381 e. The van der Waals surface area contributed by atoms with Crippen molar-refractivity contribution in [3.05, 3.63) is 18.0 Å². The second-order valence-corrected chi connectivity index (χ2v) is 7.56. The predicted octanol–water partition coefficient (Wildman–Crippen LogP) is 1.41. The largest absolute Gasteiger partial charge is 0.381 e. The van der Waals surface area contributed by atoms with Gasteiger partial charge < -0.3 is 25.0 Å². The van der Waals surface area contributed by atoms with E-state index in [1.165, 1.54) is 5.56 Å². The Labute approximate surface area is 169 Å². The van der Waals surface area contributed by atoms with E-state index in [0.717, 1.165) is 64.7 Å². The standard InChI is InChI=1S/C20H38N6O2/c1-5-21-20(22-9-6-10-28-16-17-7-11-27-12-8-17)23-14-19(25(2)3)18-13-24-26(4)15-18/h13,15,17,19H,5-12,14,16H2,1-4H3,(H2,21,22,23). The van der Waals surface area contributed by atoms with Crippen molar-refractivity contribution in [1.29, 1.82) is 0 Å². The van der Waals surface area contributed by atoms with E-state index in [-0.39, 0.29) is 6.04 Å². The zero-order chi connectivity index (χ0) is 20.2. The molecule has 0 saturated carbocycles. The van der Waals surface area contributed by atoms with Crippen molar-refractivity contribution in [2.24, 2.45) is 18.0 Å². The Morgan fingerprint density at radius 3 is 2.82 bits per heavy atom. The van der Waals surface area contributed by atoms with Crippen LogP contribution in [-0.4, -0.2) is 80.8 Å². The molecule has 8 heteroatoms. The number of aromatic nitrogens is 2. The summed E-state index contributed by atoms with van der Waals surface area (Å²) in [5.41, 5.74) is 1.17. The van der Waals surface area contributed by atoms with E-state index in [1.807, 2.05) is 17.9 Å². The van der Waals surface area contributed by atoms with Crippen LogP contribution in [-0.2, 0) is 16.5 Å². The summed E-state index contributed by atoms with van der Waals surface area (Å²) in [6.45, 7) is 7.83. The highest BCUT2D eigenvalue weighted by Crippen LogP contribution is 2.17. The molecule has 0 amide bonds. The monoisotopic (exact) mass is 394 g/mol. The van der Waals surface area contributed by atoms with Gasteiger partial charge in [0, 0.05) is 58.3 Å². The molecule has 28 heavy (non-hydrogen) atoms. The molecule has 2 rings (SSSR count). The fourth-order valence-electron chi connectivity index (χ4n) is 3.24. The highest BCUT2D eigenvalue weighted by Gasteiger charge is 2.16. The zero-order valence-corrected chi connectivity index (χ0v) is 18.0. The number of nitrogens with one attached hydrogen (secondary N) is 2. The van der Waals surface area contributed by atoms with Gasteiger partial charge in [-0.15, -0.1) is 0 Å². The van der Waals surface area contributed by atoms with Crippen LogP contribution in [0.5, 0.6) is 0 Å². The summed E-state index contributed by atoms with van der Waals surface area (Å²) in [5.74, 6) is 1.51. The number of aryl methyl sites for hydroxylation is 1. The number of rotatable bonds is 11. The number of nitrogens with zero attached hydrogens (tertiary/aromatic N) is 4. The molecule has 1 aromatic rings. The van der Waals surface area contributed by atoms with E-state index >= 15 is 0 Å². The first-order chi connectivity index (χ1) is 13.6. The highest BCUT2D eigenvalue weighted by molar-refractivity contribution is 5.79. The predicted molar refractivity (Wildman–Crippen MR) is 113 cm³/mol. The maximum atomic E-state index is 5.83. The van der Waals surface area contributed by atoms with Crippen molar-refractivity contribution in [2.75, 3.05) is 60.2 Å². The van der Waals surface area contributed by atoms with Gasteiger partial charge in [-0.05, 0) is 46.2 Å². The lowest BCUT2D eigenvalue weighted by Gasteiger charge is -2.22. The van der Waals surface area contributed by atoms with Gasteiger partial charge in [0.1, 0.15) is 0 Å². The van der Waals surface area contributed by atoms with Gasteiger partial charge in [0.15, 0.2) is 5.96 Å². The summed E-state index contributed by atoms with van der Waals surface area (Å²) in [6.07, 6.45) is 7.18. The number of hydrogen-bond acceptors (Lipinski definition) is 5. The number of aliphatic imine (C=N–C) groups is 1. The first kappa shape index (κ1) is 22.6. The Kier molecular flexibility index (Phi) is 10.3. The van der Waals surface area contributed by atoms with Crippen LogP contribution in [0.4, 0.5) is 0 Å². The molecule has 0 aromatic carbocycles. The van der Waals surface area contributed by atoms with Crippen LogP contribution in [0.1, 0.15) is 37.8 Å². The third-order valence-electron chi connectivity index (χ3n) is 4.95. The fourth-order valence-corrected chi connectivity index (χ4v) is 3.24. The second kappa shape index (κ2) is 12.7. The minimum atomic E-state index is 0.201. The minimum absolute atomic E-state index is 0.201. The van der Waals surface area contributed by atoms with E-state index in [1.54, 1.807) is 0 Å². The molecule has 2 heterocycles. The van der Waals surface area contributed by atoms with Gasteiger partial charge in [-0.25, -0.2) is 0 Å². The molecule has 1 saturated heterocycles. The average Bonchev–Trinajstić information content (AvgIpc) is 3.11. The first-order valence-electron chi connectivity index (χ1n) is 10.4. The smallest absolute Gasteiger partial charge is 0.191 e. The molecule has 1 aromatic heterocycles. The molecular weight excluding hydrogens is 356 g/mol. The van der Waals surface area contributed by atoms with Crippen LogP contribution < -0.4 is 10.6 Å². The van der Waals surface area contributed by atoms with Crippen LogP contribution in [0.2, 0.25) is 0 Å². The number of guanidine groups is 1. The summed E-state index contributed by atoms with van der Waals surface area (Å²) in [4.78, 5) is 6.95. The Hall–Kier alpha value is -1.64. The first-order valence-corrected chi connectivity index (χ1v) is 10.4. The van der Waals surface area contributed by atoms with Gasteiger partial charge in [-0.2, -0.15) is 5.10 Å². The number of ether oxygens (including phenoxy) is 2. The van der Waals surface area contributed by atoms with E-state index < -0.39 is 0 Å². The van der Waals surface area contributed by atoms with Crippen LogP contribution in [0.25, 0.3) is 0 Å². The molecule has 1 atom stereocenters. The molecule has 0 radical (unpaired) electrons. The van der Waals surface area contributed by atoms with Gasteiger partial charge in [0.2, 0.25) is 0 Å². The van der Waals surface area contributed by atoms with Crippen LogP contribution in [0.3, 0.4) is 0 Å². The van der Waals surface area contributed by atoms with Gasteiger partial charge in [0.25, 0.3) is 0 Å². The normalized spacial score (nSPS) is 17.1. The van der Waals surface area contributed by atoms with Crippen LogP contribution in [0, 0.1) is 5.92 Å². The van der Waals surface area contributed by atoms with Crippen molar-refractivity contribution in [3.63, 3.8) is 0 Å². The lowest BCUT2D eigenvalue weighted by molar-refractivity contribution is 0.0203.